The second-order valence-corrected chi connectivity index (χ2v) is 6.96. The van der Waals surface area contributed by atoms with Crippen molar-refractivity contribution in [2.45, 2.75) is 25.2 Å². The summed E-state index contributed by atoms with van der Waals surface area (Å²) in [6.07, 6.45) is -5.90. The highest BCUT2D eigenvalue weighted by Crippen LogP contribution is 2.42. The molecule has 1 heterocycles. The van der Waals surface area contributed by atoms with E-state index in [1.165, 1.54) is 12.1 Å². The molecule has 1 amide bonds. The Balaban J connectivity index is 2.00. The largest absolute Gasteiger partial charge is 0.438 e. The molecule has 148 valence electrons. The number of hydrogen-bond donors (Lipinski definition) is 1. The van der Waals surface area contributed by atoms with Crippen molar-refractivity contribution < 1.29 is 23.1 Å². The van der Waals surface area contributed by atoms with E-state index in [0.29, 0.717) is 5.56 Å². The Bertz CT molecular complexity index is 906. The van der Waals surface area contributed by atoms with Gasteiger partial charge in [-0.3, -0.25) is 4.79 Å². The molecule has 0 bridgehead atoms. The topological polar surface area (TPSA) is 56.1 Å². The zero-order chi connectivity index (χ0) is 20.7. The van der Waals surface area contributed by atoms with Crippen LogP contribution in [0.25, 0.3) is 0 Å². The van der Waals surface area contributed by atoms with Gasteiger partial charge < -0.3 is 10.0 Å². The number of nitrogens with zero attached hydrogens (tertiary/aromatic N) is 3. The molecule has 0 aliphatic carbocycles. The van der Waals surface area contributed by atoms with Crippen molar-refractivity contribution in [3.05, 3.63) is 65.2 Å². The summed E-state index contributed by atoms with van der Waals surface area (Å²) >= 11 is 0. The van der Waals surface area contributed by atoms with Crippen LogP contribution in [0.5, 0.6) is 0 Å². The van der Waals surface area contributed by atoms with Gasteiger partial charge in [-0.05, 0) is 36.8 Å². The number of hydrazone groups is 1. The van der Waals surface area contributed by atoms with Crippen LogP contribution in [-0.2, 0) is 0 Å². The highest BCUT2D eigenvalue weighted by atomic mass is 19.4. The third-order valence-electron chi connectivity index (χ3n) is 4.65. The van der Waals surface area contributed by atoms with Gasteiger partial charge in [-0.2, -0.15) is 23.3 Å². The third kappa shape index (κ3) is 3.47. The third-order valence-corrected chi connectivity index (χ3v) is 4.65. The van der Waals surface area contributed by atoms with E-state index in [0.717, 1.165) is 11.3 Å². The van der Waals surface area contributed by atoms with Gasteiger partial charge in [0.25, 0.3) is 11.6 Å². The summed E-state index contributed by atoms with van der Waals surface area (Å²) in [7, 11) is 3.61. The van der Waals surface area contributed by atoms with E-state index < -0.39 is 24.2 Å². The summed E-state index contributed by atoms with van der Waals surface area (Å²) in [5, 5.41) is 14.4. The molecule has 2 aromatic carbocycles. The van der Waals surface area contributed by atoms with E-state index in [-0.39, 0.29) is 16.3 Å². The van der Waals surface area contributed by atoms with Crippen LogP contribution < -0.4 is 4.90 Å². The predicted octanol–water partition coefficient (Wildman–Crippen LogP) is 3.56. The summed E-state index contributed by atoms with van der Waals surface area (Å²) in [5.41, 5.74) is -1.26. The van der Waals surface area contributed by atoms with Crippen molar-refractivity contribution in [3.63, 3.8) is 0 Å². The number of anilines is 1. The lowest BCUT2D eigenvalue weighted by molar-refractivity contribution is -0.297. The Hall–Kier alpha value is -2.87. The van der Waals surface area contributed by atoms with Gasteiger partial charge in [-0.15, -0.1) is 0 Å². The molecule has 1 atom stereocenters. The van der Waals surface area contributed by atoms with Gasteiger partial charge in [-0.1, -0.05) is 29.8 Å². The van der Waals surface area contributed by atoms with Crippen molar-refractivity contribution in [3.8, 4) is 0 Å². The van der Waals surface area contributed by atoms with Crippen LogP contribution in [0, 0.1) is 6.92 Å². The van der Waals surface area contributed by atoms with Gasteiger partial charge in [-0.25, -0.2) is 0 Å². The Morgan fingerprint density at radius 1 is 1.11 bits per heavy atom. The number of aryl methyl sites for hydroxylation is 1. The zero-order valence-electron chi connectivity index (χ0n) is 15.7. The molecule has 1 N–H and O–H groups in total. The first-order valence-electron chi connectivity index (χ1n) is 8.58. The second-order valence-electron chi connectivity index (χ2n) is 6.96. The van der Waals surface area contributed by atoms with E-state index in [1.807, 2.05) is 6.92 Å². The van der Waals surface area contributed by atoms with E-state index in [2.05, 4.69) is 5.10 Å². The lowest BCUT2D eigenvalue weighted by Gasteiger charge is -2.32. The summed E-state index contributed by atoms with van der Waals surface area (Å²) in [4.78, 5) is 14.6. The number of hydrogen-bond acceptors (Lipinski definition) is 4. The normalized spacial score (nSPS) is 19.5. The Morgan fingerprint density at radius 2 is 1.68 bits per heavy atom. The molecule has 0 aromatic heterocycles. The SMILES string of the molecule is Cc1ccc(C2=NN(C(=O)c3ccc(N(C)C)cc3)[C@@](O)(C(F)(F)F)C2)cc1. The van der Waals surface area contributed by atoms with Crippen LogP contribution in [0.4, 0.5) is 18.9 Å². The smallest absolute Gasteiger partial charge is 0.378 e. The predicted molar refractivity (Wildman–Crippen MR) is 100 cm³/mol. The number of amides is 1. The minimum absolute atomic E-state index is 0.00177. The van der Waals surface area contributed by atoms with Gasteiger partial charge in [0.15, 0.2) is 0 Å². The second kappa shape index (κ2) is 6.94. The van der Waals surface area contributed by atoms with Crippen LogP contribution in [0.2, 0.25) is 0 Å². The fourth-order valence-electron chi connectivity index (χ4n) is 2.91. The monoisotopic (exact) mass is 391 g/mol. The number of aliphatic hydroxyl groups is 1. The van der Waals surface area contributed by atoms with Crippen LogP contribution in [0.1, 0.15) is 27.9 Å². The molecule has 28 heavy (non-hydrogen) atoms. The maximum atomic E-state index is 13.7. The molecule has 1 aliphatic rings. The molecule has 2 aromatic rings. The van der Waals surface area contributed by atoms with Crippen molar-refractivity contribution in [1.29, 1.82) is 0 Å². The van der Waals surface area contributed by atoms with Gasteiger partial charge in [0.1, 0.15) is 0 Å². The molecule has 0 unspecified atom stereocenters. The Morgan fingerprint density at radius 3 is 2.18 bits per heavy atom. The number of rotatable bonds is 3. The molecule has 8 heteroatoms. The highest BCUT2D eigenvalue weighted by molar-refractivity contribution is 6.05. The molecule has 5 nitrogen and oxygen atoms in total. The van der Waals surface area contributed by atoms with E-state index in [9.17, 15) is 23.1 Å². The first kappa shape index (κ1) is 19.9. The number of alkyl halides is 3. The summed E-state index contributed by atoms with van der Waals surface area (Å²) in [6.45, 7) is 1.85. The lowest BCUT2D eigenvalue weighted by atomic mass is 10.00. The van der Waals surface area contributed by atoms with Crippen molar-refractivity contribution in [2.24, 2.45) is 5.10 Å². The summed E-state index contributed by atoms with van der Waals surface area (Å²) < 4.78 is 41.0. The minimum Gasteiger partial charge on any atom is -0.378 e. The van der Waals surface area contributed by atoms with Gasteiger partial charge in [0.2, 0.25) is 0 Å². The summed E-state index contributed by atoms with van der Waals surface area (Å²) in [5.74, 6) is -1.02. The van der Waals surface area contributed by atoms with Crippen LogP contribution in [-0.4, -0.2) is 47.7 Å². The first-order chi connectivity index (χ1) is 13.0. The lowest BCUT2D eigenvalue weighted by Crippen LogP contribution is -2.56. The van der Waals surface area contributed by atoms with Crippen LogP contribution >= 0.6 is 0 Å². The maximum absolute atomic E-state index is 13.7. The molecular weight excluding hydrogens is 371 g/mol. The number of halogens is 3. The molecule has 0 spiro atoms. The number of carbonyl (C=O) groups excluding carboxylic acids is 1. The number of carbonyl (C=O) groups is 1. The quantitative estimate of drug-likeness (QED) is 0.871. The van der Waals surface area contributed by atoms with Crippen molar-refractivity contribution >= 4 is 17.3 Å². The Labute approximate surface area is 160 Å². The van der Waals surface area contributed by atoms with Crippen molar-refractivity contribution in [1.82, 2.24) is 5.01 Å². The van der Waals surface area contributed by atoms with Gasteiger partial charge in [0, 0.05) is 25.3 Å². The molecule has 0 saturated heterocycles. The molecule has 1 aliphatic heterocycles. The molecule has 0 radical (unpaired) electrons. The van der Waals surface area contributed by atoms with E-state index in [1.54, 1.807) is 55.4 Å². The standard InChI is InChI=1S/C20H20F3N3O2/c1-13-4-6-14(7-5-13)17-12-19(28,20(21,22)23)26(24-17)18(27)15-8-10-16(11-9-15)25(2)3/h4-11,28H,12H2,1-3H3/t19-/m0/s1. The van der Waals surface area contributed by atoms with Gasteiger partial charge >= 0.3 is 6.18 Å². The molecule has 0 fully saturated rings. The molecule has 0 saturated carbocycles. The molecular formula is C20H20F3N3O2. The van der Waals surface area contributed by atoms with E-state index >= 15 is 0 Å². The summed E-state index contributed by atoms with van der Waals surface area (Å²) in [6, 6.07) is 12.7. The zero-order valence-corrected chi connectivity index (χ0v) is 15.7. The first-order valence-corrected chi connectivity index (χ1v) is 8.58. The van der Waals surface area contributed by atoms with Crippen LogP contribution in [0.3, 0.4) is 0 Å². The highest BCUT2D eigenvalue weighted by Gasteiger charge is 2.63. The van der Waals surface area contributed by atoms with Crippen molar-refractivity contribution in [2.75, 3.05) is 19.0 Å². The Kier molecular flexibility index (Phi) is 4.93. The average Bonchev–Trinajstić information content (AvgIpc) is 3.00. The fraction of sp³-hybridized carbons (Fsp3) is 0.300. The fourth-order valence-corrected chi connectivity index (χ4v) is 2.91. The minimum atomic E-state index is -5.07. The maximum Gasteiger partial charge on any atom is 0.438 e. The van der Waals surface area contributed by atoms with Gasteiger partial charge in [0.05, 0.1) is 12.1 Å². The number of benzene rings is 2. The van der Waals surface area contributed by atoms with Crippen LogP contribution in [0.15, 0.2) is 53.6 Å². The molecule has 3 rings (SSSR count). The average molecular weight is 391 g/mol. The van der Waals surface area contributed by atoms with E-state index in [4.69, 9.17) is 0 Å².